The summed E-state index contributed by atoms with van der Waals surface area (Å²) in [6.07, 6.45) is 3.89. The lowest BCUT2D eigenvalue weighted by Gasteiger charge is -2.26. The summed E-state index contributed by atoms with van der Waals surface area (Å²) in [7, 11) is 2.21. The maximum Gasteiger partial charge on any atom is 0.0328 e. The molecule has 3 heteroatoms. The normalized spacial score (nSPS) is 18.0. The van der Waals surface area contributed by atoms with Gasteiger partial charge in [0.05, 0.1) is 0 Å². The smallest absolute Gasteiger partial charge is 0.0328 e. The van der Waals surface area contributed by atoms with Crippen LogP contribution in [0.25, 0.3) is 0 Å². The summed E-state index contributed by atoms with van der Waals surface area (Å²) >= 11 is 1.94. The highest BCUT2D eigenvalue weighted by atomic mass is 32.1. The molecule has 1 heterocycles. The summed E-state index contributed by atoms with van der Waals surface area (Å²) in [5.74, 6) is 0.862. The fourth-order valence-corrected chi connectivity index (χ4v) is 3.30. The van der Waals surface area contributed by atoms with Gasteiger partial charge < -0.3 is 5.73 Å². The molecule has 1 aliphatic carbocycles. The molecular formula is C13H22N2S. The van der Waals surface area contributed by atoms with Crippen molar-refractivity contribution in [3.8, 4) is 0 Å². The Morgan fingerprint density at radius 2 is 2.12 bits per heavy atom. The van der Waals surface area contributed by atoms with Gasteiger partial charge in [0.2, 0.25) is 0 Å². The monoisotopic (exact) mass is 238 g/mol. The van der Waals surface area contributed by atoms with Crippen molar-refractivity contribution in [1.29, 1.82) is 0 Å². The Balaban J connectivity index is 1.92. The second-order valence-corrected chi connectivity index (χ2v) is 6.03. The highest BCUT2D eigenvalue weighted by Gasteiger charge is 2.32. The molecular weight excluding hydrogens is 216 g/mol. The molecule has 0 aromatic carbocycles. The molecule has 1 aromatic rings. The van der Waals surface area contributed by atoms with Crippen molar-refractivity contribution >= 4 is 11.3 Å². The zero-order valence-electron chi connectivity index (χ0n) is 10.3. The van der Waals surface area contributed by atoms with Gasteiger partial charge in [0.1, 0.15) is 0 Å². The minimum absolute atomic E-state index is 0.590. The molecule has 0 amide bonds. The van der Waals surface area contributed by atoms with E-state index in [4.69, 9.17) is 5.73 Å². The van der Waals surface area contributed by atoms with Crippen LogP contribution >= 0.6 is 11.3 Å². The number of hydrogen-bond donors (Lipinski definition) is 1. The highest BCUT2D eigenvalue weighted by molar-refractivity contribution is 7.11. The fraction of sp³-hybridized carbons (Fsp3) is 0.692. The van der Waals surface area contributed by atoms with Gasteiger partial charge in [-0.15, -0.1) is 11.3 Å². The lowest BCUT2D eigenvalue weighted by Crippen LogP contribution is -2.38. The summed E-state index contributed by atoms with van der Waals surface area (Å²) in [5, 5.41) is 0. The van der Waals surface area contributed by atoms with Gasteiger partial charge in [-0.25, -0.2) is 0 Å². The largest absolute Gasteiger partial charge is 0.329 e. The van der Waals surface area contributed by atoms with E-state index in [1.165, 1.54) is 22.6 Å². The van der Waals surface area contributed by atoms with Gasteiger partial charge in [-0.05, 0) is 44.4 Å². The first-order valence-electron chi connectivity index (χ1n) is 6.22. The standard InChI is InChI=1S/C13H22N2S/c1-3-11-6-7-12(16-11)9-15(2)13(8-14)10-4-5-10/h6-7,10,13H,3-5,8-9,14H2,1-2H3. The average Bonchev–Trinajstić information content (AvgIpc) is 2.99. The maximum absolute atomic E-state index is 5.86. The third-order valence-electron chi connectivity index (χ3n) is 3.44. The lowest BCUT2D eigenvalue weighted by atomic mass is 10.1. The van der Waals surface area contributed by atoms with E-state index >= 15 is 0 Å². The van der Waals surface area contributed by atoms with E-state index in [1.807, 2.05) is 11.3 Å². The number of nitrogens with two attached hydrogens (primary N) is 1. The Hall–Kier alpha value is -0.380. The van der Waals surface area contributed by atoms with Crippen LogP contribution in [0.15, 0.2) is 12.1 Å². The molecule has 1 aromatic heterocycles. The summed E-state index contributed by atoms with van der Waals surface area (Å²) in [6, 6.07) is 5.11. The number of aryl methyl sites for hydroxylation is 1. The summed E-state index contributed by atoms with van der Waals surface area (Å²) in [4.78, 5) is 5.39. The SMILES string of the molecule is CCc1ccc(CN(C)C(CN)C2CC2)s1. The van der Waals surface area contributed by atoms with Crippen LogP contribution in [0, 0.1) is 5.92 Å². The topological polar surface area (TPSA) is 29.3 Å². The molecule has 0 bridgehead atoms. The number of nitrogens with zero attached hydrogens (tertiary/aromatic N) is 1. The van der Waals surface area contributed by atoms with Crippen molar-refractivity contribution in [3.63, 3.8) is 0 Å². The summed E-state index contributed by atoms with van der Waals surface area (Å²) in [6.45, 7) is 4.07. The quantitative estimate of drug-likeness (QED) is 0.825. The van der Waals surface area contributed by atoms with Crippen LogP contribution in [0.4, 0.5) is 0 Å². The molecule has 2 N–H and O–H groups in total. The fourth-order valence-electron chi connectivity index (χ4n) is 2.27. The summed E-state index contributed by atoms with van der Waals surface area (Å²) in [5.41, 5.74) is 5.86. The van der Waals surface area contributed by atoms with E-state index in [0.29, 0.717) is 6.04 Å². The molecule has 0 aliphatic heterocycles. The van der Waals surface area contributed by atoms with E-state index in [9.17, 15) is 0 Å². The van der Waals surface area contributed by atoms with Crippen LogP contribution in [0.1, 0.15) is 29.5 Å². The Morgan fingerprint density at radius 1 is 1.44 bits per heavy atom. The molecule has 1 fully saturated rings. The van der Waals surface area contributed by atoms with Gasteiger partial charge >= 0.3 is 0 Å². The minimum Gasteiger partial charge on any atom is -0.329 e. The van der Waals surface area contributed by atoms with Crippen molar-refractivity contribution in [2.45, 2.75) is 38.8 Å². The molecule has 1 unspecified atom stereocenters. The van der Waals surface area contributed by atoms with Gasteiger partial charge in [-0.2, -0.15) is 0 Å². The van der Waals surface area contributed by atoms with Crippen LogP contribution in [0.2, 0.25) is 0 Å². The third-order valence-corrected chi connectivity index (χ3v) is 4.66. The zero-order chi connectivity index (χ0) is 11.5. The van der Waals surface area contributed by atoms with Gasteiger partial charge in [0, 0.05) is 28.9 Å². The van der Waals surface area contributed by atoms with Crippen molar-refractivity contribution in [3.05, 3.63) is 21.9 Å². The molecule has 1 saturated carbocycles. The summed E-state index contributed by atoms with van der Waals surface area (Å²) < 4.78 is 0. The first-order chi connectivity index (χ1) is 7.74. The number of hydrogen-bond acceptors (Lipinski definition) is 3. The molecule has 0 spiro atoms. The van der Waals surface area contributed by atoms with Crippen molar-refractivity contribution in [1.82, 2.24) is 4.90 Å². The average molecular weight is 238 g/mol. The van der Waals surface area contributed by atoms with E-state index in [0.717, 1.165) is 25.4 Å². The van der Waals surface area contributed by atoms with Crippen LogP contribution in [0.5, 0.6) is 0 Å². The third kappa shape index (κ3) is 2.84. The Kier molecular flexibility index (Phi) is 4.00. The van der Waals surface area contributed by atoms with E-state index in [1.54, 1.807) is 0 Å². The van der Waals surface area contributed by atoms with Crippen LogP contribution < -0.4 is 5.73 Å². The number of thiophene rings is 1. The van der Waals surface area contributed by atoms with Gasteiger partial charge in [0.15, 0.2) is 0 Å². The van der Waals surface area contributed by atoms with Crippen molar-refractivity contribution in [2.24, 2.45) is 11.7 Å². The minimum atomic E-state index is 0.590. The molecule has 0 saturated heterocycles. The van der Waals surface area contributed by atoms with E-state index in [2.05, 4.69) is 31.0 Å². The van der Waals surface area contributed by atoms with E-state index in [-0.39, 0.29) is 0 Å². The first kappa shape index (κ1) is 12.1. The molecule has 90 valence electrons. The van der Waals surface area contributed by atoms with Gasteiger partial charge in [0.25, 0.3) is 0 Å². The molecule has 16 heavy (non-hydrogen) atoms. The molecule has 2 nitrogen and oxygen atoms in total. The predicted molar refractivity (Wildman–Crippen MR) is 70.7 cm³/mol. The number of rotatable bonds is 6. The zero-order valence-corrected chi connectivity index (χ0v) is 11.1. The van der Waals surface area contributed by atoms with Gasteiger partial charge in [-0.1, -0.05) is 6.92 Å². The van der Waals surface area contributed by atoms with Crippen molar-refractivity contribution < 1.29 is 0 Å². The van der Waals surface area contributed by atoms with Crippen LogP contribution in [0.3, 0.4) is 0 Å². The second kappa shape index (κ2) is 5.30. The van der Waals surface area contributed by atoms with Crippen LogP contribution in [-0.2, 0) is 13.0 Å². The number of likely N-dealkylation sites (N-methyl/N-ethyl adjacent to an activating group) is 1. The molecule has 2 rings (SSSR count). The Morgan fingerprint density at radius 3 is 2.62 bits per heavy atom. The second-order valence-electron chi connectivity index (χ2n) is 4.78. The molecule has 1 aliphatic rings. The predicted octanol–water partition coefficient (Wildman–Crippen LogP) is 2.48. The maximum atomic E-state index is 5.86. The molecule has 1 atom stereocenters. The Labute approximate surface area is 102 Å². The Bertz CT molecular complexity index is 330. The lowest BCUT2D eigenvalue weighted by molar-refractivity contribution is 0.217. The van der Waals surface area contributed by atoms with Gasteiger partial charge in [-0.3, -0.25) is 4.90 Å². The van der Waals surface area contributed by atoms with Crippen LogP contribution in [-0.4, -0.2) is 24.5 Å². The first-order valence-corrected chi connectivity index (χ1v) is 7.04. The highest BCUT2D eigenvalue weighted by Crippen LogP contribution is 2.35. The van der Waals surface area contributed by atoms with Crippen molar-refractivity contribution in [2.75, 3.05) is 13.6 Å². The van der Waals surface area contributed by atoms with E-state index < -0.39 is 0 Å². The molecule has 0 radical (unpaired) electrons.